The Labute approximate surface area is 108 Å². The summed E-state index contributed by atoms with van der Waals surface area (Å²) in [5, 5.41) is 2.65. The molecule has 0 heterocycles. The van der Waals surface area contributed by atoms with E-state index in [0.717, 1.165) is 10.8 Å². The summed E-state index contributed by atoms with van der Waals surface area (Å²) >= 11 is 2.22. The van der Waals surface area contributed by atoms with Gasteiger partial charge >= 0.3 is 0 Å². The van der Waals surface area contributed by atoms with Gasteiger partial charge in [0.05, 0.1) is 12.7 Å². The molecular formula is C11H13FINO2. The van der Waals surface area contributed by atoms with Crippen LogP contribution in [0.5, 0.6) is 5.75 Å². The normalized spacial score (nSPS) is 9.94. The number of nitrogens with one attached hydrogen (secondary N) is 1. The van der Waals surface area contributed by atoms with E-state index in [4.69, 9.17) is 4.74 Å². The molecule has 16 heavy (non-hydrogen) atoms. The largest absolute Gasteiger partial charge is 0.497 e. The Morgan fingerprint density at radius 3 is 2.88 bits per heavy atom. The summed E-state index contributed by atoms with van der Waals surface area (Å²) in [7, 11) is 1.45. The molecule has 88 valence electrons. The lowest BCUT2D eigenvalue weighted by molar-refractivity contribution is 0.0950. The number of carbonyl (C=O) groups is 1. The van der Waals surface area contributed by atoms with Crippen LogP contribution in [0.2, 0.25) is 0 Å². The van der Waals surface area contributed by atoms with E-state index in [2.05, 4.69) is 27.9 Å². The van der Waals surface area contributed by atoms with Gasteiger partial charge in [0.1, 0.15) is 11.6 Å². The maximum Gasteiger partial charge on any atom is 0.254 e. The van der Waals surface area contributed by atoms with Gasteiger partial charge in [0.2, 0.25) is 0 Å². The maximum atomic E-state index is 13.5. The summed E-state index contributed by atoms with van der Waals surface area (Å²) in [6, 6.07) is 4.19. The predicted octanol–water partition coefficient (Wildman–Crippen LogP) is 2.39. The van der Waals surface area contributed by atoms with Crippen molar-refractivity contribution < 1.29 is 13.9 Å². The van der Waals surface area contributed by atoms with Gasteiger partial charge in [-0.2, -0.15) is 0 Å². The summed E-state index contributed by atoms with van der Waals surface area (Å²) < 4.78 is 19.3. The third-order valence-electron chi connectivity index (χ3n) is 2.02. The number of hydrogen-bond donors (Lipinski definition) is 1. The van der Waals surface area contributed by atoms with Gasteiger partial charge in [-0.1, -0.05) is 22.6 Å². The smallest absolute Gasteiger partial charge is 0.254 e. The SMILES string of the molecule is COc1ccc(C(=O)NCCCI)c(F)c1. The zero-order chi connectivity index (χ0) is 12.0. The highest BCUT2D eigenvalue weighted by atomic mass is 127. The van der Waals surface area contributed by atoms with Crippen molar-refractivity contribution in [3.63, 3.8) is 0 Å². The molecule has 1 aromatic carbocycles. The van der Waals surface area contributed by atoms with Crippen LogP contribution in [0.4, 0.5) is 4.39 Å². The van der Waals surface area contributed by atoms with Gasteiger partial charge in [0.15, 0.2) is 0 Å². The lowest BCUT2D eigenvalue weighted by Crippen LogP contribution is -2.25. The number of alkyl halides is 1. The first-order valence-corrected chi connectivity index (χ1v) is 6.39. The highest BCUT2D eigenvalue weighted by molar-refractivity contribution is 14.1. The van der Waals surface area contributed by atoms with Crippen LogP contribution < -0.4 is 10.1 Å². The van der Waals surface area contributed by atoms with Crippen LogP contribution in [-0.4, -0.2) is 24.0 Å². The molecule has 0 aliphatic heterocycles. The molecule has 0 aromatic heterocycles. The monoisotopic (exact) mass is 337 g/mol. The zero-order valence-corrected chi connectivity index (χ0v) is 11.1. The highest BCUT2D eigenvalue weighted by Gasteiger charge is 2.11. The van der Waals surface area contributed by atoms with Crippen LogP contribution in [0, 0.1) is 5.82 Å². The van der Waals surface area contributed by atoms with E-state index in [1.165, 1.54) is 19.2 Å². The number of halogens is 2. The number of rotatable bonds is 5. The lowest BCUT2D eigenvalue weighted by atomic mass is 10.2. The highest BCUT2D eigenvalue weighted by Crippen LogP contribution is 2.15. The number of benzene rings is 1. The fourth-order valence-corrected chi connectivity index (χ4v) is 1.55. The van der Waals surface area contributed by atoms with Crippen molar-refractivity contribution in [2.24, 2.45) is 0 Å². The van der Waals surface area contributed by atoms with E-state index in [1.54, 1.807) is 6.07 Å². The Bertz CT molecular complexity index is 371. The molecule has 0 saturated carbocycles. The van der Waals surface area contributed by atoms with Gasteiger partial charge < -0.3 is 10.1 Å². The van der Waals surface area contributed by atoms with Gasteiger partial charge in [0.25, 0.3) is 5.91 Å². The second kappa shape index (κ2) is 6.67. The van der Waals surface area contributed by atoms with Gasteiger partial charge in [-0.25, -0.2) is 4.39 Å². The van der Waals surface area contributed by atoms with Crippen molar-refractivity contribution in [1.29, 1.82) is 0 Å². The first kappa shape index (κ1) is 13.2. The van der Waals surface area contributed by atoms with E-state index >= 15 is 0 Å². The van der Waals surface area contributed by atoms with Crippen molar-refractivity contribution in [2.75, 3.05) is 18.1 Å². The molecule has 0 aliphatic rings. The third-order valence-corrected chi connectivity index (χ3v) is 2.78. The summed E-state index contributed by atoms with van der Waals surface area (Å²) in [5.74, 6) is -0.544. The first-order valence-electron chi connectivity index (χ1n) is 4.86. The third kappa shape index (κ3) is 3.62. The molecule has 3 nitrogen and oxygen atoms in total. The number of hydrogen-bond acceptors (Lipinski definition) is 2. The molecule has 0 atom stereocenters. The molecule has 1 N–H and O–H groups in total. The van der Waals surface area contributed by atoms with Crippen molar-refractivity contribution in [2.45, 2.75) is 6.42 Å². The fourth-order valence-electron chi connectivity index (χ4n) is 1.17. The second-order valence-electron chi connectivity index (χ2n) is 3.14. The van der Waals surface area contributed by atoms with Gasteiger partial charge in [-0.3, -0.25) is 4.79 Å². The molecule has 1 aromatic rings. The minimum Gasteiger partial charge on any atom is -0.497 e. The Morgan fingerprint density at radius 1 is 1.56 bits per heavy atom. The Balaban J connectivity index is 2.68. The summed E-state index contributed by atoms with van der Waals surface area (Å²) in [4.78, 5) is 11.5. The summed E-state index contributed by atoms with van der Waals surface area (Å²) in [6.45, 7) is 0.563. The number of amides is 1. The summed E-state index contributed by atoms with van der Waals surface area (Å²) in [6.07, 6.45) is 0.879. The molecule has 0 aliphatic carbocycles. The molecule has 0 spiro atoms. The standard InChI is InChI=1S/C11H13FINO2/c1-16-8-3-4-9(10(12)7-8)11(15)14-6-2-5-13/h3-4,7H,2,5-6H2,1H3,(H,14,15). The molecule has 0 radical (unpaired) electrons. The molecule has 5 heteroatoms. The van der Waals surface area contributed by atoms with E-state index in [9.17, 15) is 9.18 Å². The Hall–Kier alpha value is -0.850. The van der Waals surface area contributed by atoms with Gasteiger partial charge in [-0.15, -0.1) is 0 Å². The van der Waals surface area contributed by atoms with Crippen molar-refractivity contribution >= 4 is 28.5 Å². The average Bonchev–Trinajstić information content (AvgIpc) is 2.29. The Morgan fingerprint density at radius 2 is 2.31 bits per heavy atom. The minimum absolute atomic E-state index is 0.0502. The van der Waals surface area contributed by atoms with Gasteiger partial charge in [-0.05, 0) is 18.6 Å². The van der Waals surface area contributed by atoms with E-state index in [1.807, 2.05) is 0 Å². The minimum atomic E-state index is -0.564. The number of ether oxygens (including phenoxy) is 1. The number of methoxy groups -OCH3 is 1. The van der Waals surface area contributed by atoms with E-state index < -0.39 is 5.82 Å². The van der Waals surface area contributed by atoms with Crippen LogP contribution in [-0.2, 0) is 0 Å². The molecule has 0 bridgehead atoms. The molecule has 0 fully saturated rings. The van der Waals surface area contributed by atoms with Crippen LogP contribution in [0.1, 0.15) is 16.8 Å². The van der Waals surface area contributed by atoms with Crippen molar-refractivity contribution in [3.8, 4) is 5.75 Å². The van der Waals surface area contributed by atoms with Crippen LogP contribution >= 0.6 is 22.6 Å². The van der Waals surface area contributed by atoms with Crippen LogP contribution in [0.25, 0.3) is 0 Å². The van der Waals surface area contributed by atoms with E-state index in [-0.39, 0.29) is 11.5 Å². The molecular weight excluding hydrogens is 324 g/mol. The quantitative estimate of drug-likeness (QED) is 0.509. The van der Waals surface area contributed by atoms with Gasteiger partial charge in [0, 0.05) is 17.0 Å². The van der Waals surface area contributed by atoms with Crippen LogP contribution in [0.15, 0.2) is 18.2 Å². The first-order chi connectivity index (χ1) is 7.69. The average molecular weight is 337 g/mol. The van der Waals surface area contributed by atoms with Crippen molar-refractivity contribution in [3.05, 3.63) is 29.6 Å². The molecule has 0 saturated heterocycles. The van der Waals surface area contributed by atoms with E-state index in [0.29, 0.717) is 12.3 Å². The maximum absolute atomic E-state index is 13.5. The molecule has 0 unspecified atom stereocenters. The Kier molecular flexibility index (Phi) is 5.51. The zero-order valence-electron chi connectivity index (χ0n) is 8.93. The topological polar surface area (TPSA) is 38.3 Å². The lowest BCUT2D eigenvalue weighted by Gasteiger charge is -2.06. The second-order valence-corrected chi connectivity index (χ2v) is 4.22. The predicted molar refractivity (Wildman–Crippen MR) is 68.8 cm³/mol. The summed E-state index contributed by atoms with van der Waals surface area (Å²) in [5.41, 5.74) is 0.0502. The fraction of sp³-hybridized carbons (Fsp3) is 0.364. The number of carbonyl (C=O) groups excluding carboxylic acids is 1. The molecule has 1 amide bonds. The van der Waals surface area contributed by atoms with Crippen molar-refractivity contribution in [1.82, 2.24) is 5.32 Å². The van der Waals surface area contributed by atoms with Crippen LogP contribution in [0.3, 0.4) is 0 Å². The molecule has 1 rings (SSSR count).